The average molecular weight is 550 g/mol. The summed E-state index contributed by atoms with van der Waals surface area (Å²) in [6.07, 6.45) is 2.11. The van der Waals surface area contributed by atoms with Crippen LogP contribution in [0.5, 0.6) is 0 Å². The number of amides is 2. The molecule has 0 bridgehead atoms. The number of nitrogens with zero attached hydrogens (tertiary/aromatic N) is 4. The van der Waals surface area contributed by atoms with Gasteiger partial charge in [-0.25, -0.2) is 4.98 Å². The standard InChI is InChI=1S/C30H30F3N5O2/c31-30(32,33)22-10-8-21(9-11-22)25-6-1-2-7-26(25)29(40)36-24-12-13-27(35-20-24)37-15-17-38(18-16-37)28(39)19-23-5-3-4-14-34-23/h3-5,8-14,20H,1-2,6-7,15-19H2,(H,36,40). The van der Waals surface area contributed by atoms with Crippen molar-refractivity contribution in [2.24, 2.45) is 0 Å². The number of allylic oxidation sites excluding steroid dienone is 1. The van der Waals surface area contributed by atoms with E-state index in [0.29, 0.717) is 55.8 Å². The summed E-state index contributed by atoms with van der Waals surface area (Å²) < 4.78 is 38.9. The van der Waals surface area contributed by atoms with E-state index in [9.17, 15) is 22.8 Å². The largest absolute Gasteiger partial charge is 0.416 e. The molecular weight excluding hydrogens is 519 g/mol. The number of benzene rings is 1. The topological polar surface area (TPSA) is 78.4 Å². The van der Waals surface area contributed by atoms with E-state index in [4.69, 9.17) is 0 Å². The van der Waals surface area contributed by atoms with Gasteiger partial charge in [0.05, 0.1) is 23.9 Å². The van der Waals surface area contributed by atoms with Crippen LogP contribution in [0, 0.1) is 0 Å². The maximum absolute atomic E-state index is 13.2. The maximum Gasteiger partial charge on any atom is 0.416 e. The number of rotatable bonds is 6. The van der Waals surface area contributed by atoms with E-state index >= 15 is 0 Å². The number of anilines is 2. The SMILES string of the molecule is O=C(Nc1ccc(N2CCN(C(=O)Cc3ccccn3)CC2)nc1)C1=C(c2ccc(C(F)(F)F)cc2)CCCC1. The van der Waals surface area contributed by atoms with Crippen molar-refractivity contribution in [3.63, 3.8) is 0 Å². The number of nitrogens with one attached hydrogen (secondary N) is 1. The summed E-state index contributed by atoms with van der Waals surface area (Å²) in [7, 11) is 0. The first-order chi connectivity index (χ1) is 19.3. The highest BCUT2D eigenvalue weighted by atomic mass is 19.4. The van der Waals surface area contributed by atoms with Crippen LogP contribution in [0.2, 0.25) is 0 Å². The summed E-state index contributed by atoms with van der Waals surface area (Å²) in [5, 5.41) is 2.91. The van der Waals surface area contributed by atoms with E-state index in [0.717, 1.165) is 42.1 Å². The van der Waals surface area contributed by atoms with Gasteiger partial charge < -0.3 is 15.1 Å². The second kappa shape index (κ2) is 11.9. The zero-order valence-corrected chi connectivity index (χ0v) is 22.0. The Morgan fingerprint density at radius 2 is 1.62 bits per heavy atom. The molecule has 1 saturated heterocycles. The molecule has 2 amide bonds. The molecule has 3 aromatic rings. The molecule has 1 N–H and O–H groups in total. The van der Waals surface area contributed by atoms with Crippen molar-refractivity contribution in [3.05, 3.63) is 89.4 Å². The summed E-state index contributed by atoms with van der Waals surface area (Å²) in [5.74, 6) is 0.554. The van der Waals surface area contributed by atoms with Crippen LogP contribution in [-0.4, -0.2) is 52.9 Å². The Hall–Kier alpha value is -4.21. The summed E-state index contributed by atoms with van der Waals surface area (Å²) in [6.45, 7) is 2.48. The molecular formula is C30H30F3N5O2. The molecule has 7 nitrogen and oxygen atoms in total. The molecule has 10 heteroatoms. The fourth-order valence-electron chi connectivity index (χ4n) is 5.14. The molecule has 5 rings (SSSR count). The summed E-state index contributed by atoms with van der Waals surface area (Å²) in [4.78, 5) is 38.5. The number of pyridine rings is 2. The van der Waals surface area contributed by atoms with Crippen LogP contribution in [0.3, 0.4) is 0 Å². The molecule has 1 fully saturated rings. The Balaban J connectivity index is 1.19. The van der Waals surface area contributed by atoms with E-state index in [1.165, 1.54) is 12.1 Å². The number of aromatic nitrogens is 2. The average Bonchev–Trinajstić information content (AvgIpc) is 2.98. The molecule has 1 aliphatic heterocycles. The third-order valence-electron chi connectivity index (χ3n) is 7.32. The first-order valence-corrected chi connectivity index (χ1v) is 13.4. The fraction of sp³-hybridized carbons (Fsp3) is 0.333. The lowest BCUT2D eigenvalue weighted by Crippen LogP contribution is -2.49. The van der Waals surface area contributed by atoms with Crippen LogP contribution >= 0.6 is 0 Å². The van der Waals surface area contributed by atoms with E-state index < -0.39 is 11.7 Å². The number of halogens is 3. The van der Waals surface area contributed by atoms with E-state index in [1.54, 1.807) is 18.5 Å². The molecule has 2 aromatic heterocycles. The first-order valence-electron chi connectivity index (χ1n) is 13.4. The Morgan fingerprint density at radius 1 is 0.875 bits per heavy atom. The maximum atomic E-state index is 13.2. The lowest BCUT2D eigenvalue weighted by Gasteiger charge is -2.35. The van der Waals surface area contributed by atoms with Crippen molar-refractivity contribution in [3.8, 4) is 0 Å². The van der Waals surface area contributed by atoms with Crippen LogP contribution in [0.25, 0.3) is 5.57 Å². The van der Waals surface area contributed by atoms with Crippen LogP contribution in [-0.2, 0) is 22.2 Å². The summed E-state index contributed by atoms with van der Waals surface area (Å²) >= 11 is 0. The van der Waals surface area contributed by atoms with Crippen molar-refractivity contribution in [2.45, 2.75) is 38.3 Å². The third kappa shape index (κ3) is 6.50. The van der Waals surface area contributed by atoms with Gasteiger partial charge in [0, 0.05) is 43.6 Å². The van der Waals surface area contributed by atoms with E-state index in [-0.39, 0.29) is 18.2 Å². The minimum atomic E-state index is -4.40. The van der Waals surface area contributed by atoms with Crippen LogP contribution in [0.15, 0.2) is 72.6 Å². The molecule has 3 heterocycles. The quantitative estimate of drug-likeness (QED) is 0.449. The zero-order chi connectivity index (χ0) is 28.1. The molecule has 0 atom stereocenters. The van der Waals surface area contributed by atoms with Crippen LogP contribution < -0.4 is 10.2 Å². The highest BCUT2D eigenvalue weighted by molar-refractivity contribution is 6.09. The van der Waals surface area contributed by atoms with Crippen molar-refractivity contribution >= 4 is 28.9 Å². The smallest absolute Gasteiger partial charge is 0.353 e. The predicted octanol–water partition coefficient (Wildman–Crippen LogP) is 5.35. The molecule has 1 aliphatic carbocycles. The van der Waals surface area contributed by atoms with Crippen molar-refractivity contribution in [1.29, 1.82) is 0 Å². The number of hydrogen-bond donors (Lipinski definition) is 1. The third-order valence-corrected chi connectivity index (χ3v) is 7.32. The Labute approximate surface area is 230 Å². The Morgan fingerprint density at radius 3 is 2.27 bits per heavy atom. The van der Waals surface area contributed by atoms with Gasteiger partial charge in [-0.3, -0.25) is 14.6 Å². The van der Waals surface area contributed by atoms with Crippen molar-refractivity contribution in [2.75, 3.05) is 36.4 Å². The summed E-state index contributed by atoms with van der Waals surface area (Å²) in [6, 6.07) is 14.2. The molecule has 0 saturated carbocycles. The monoisotopic (exact) mass is 549 g/mol. The molecule has 40 heavy (non-hydrogen) atoms. The normalized spacial score (nSPS) is 16.2. The van der Waals surface area contributed by atoms with Crippen molar-refractivity contribution < 1.29 is 22.8 Å². The van der Waals surface area contributed by atoms with Gasteiger partial charge in [0.25, 0.3) is 5.91 Å². The highest BCUT2D eigenvalue weighted by Crippen LogP contribution is 2.35. The Bertz CT molecular complexity index is 1370. The van der Waals surface area contributed by atoms with Gasteiger partial charge in [-0.05, 0) is 73.2 Å². The minimum Gasteiger partial charge on any atom is -0.353 e. The van der Waals surface area contributed by atoms with Gasteiger partial charge in [-0.15, -0.1) is 0 Å². The molecule has 0 unspecified atom stereocenters. The molecule has 1 aromatic carbocycles. The second-order valence-electron chi connectivity index (χ2n) is 9.96. The fourth-order valence-corrected chi connectivity index (χ4v) is 5.14. The number of hydrogen-bond acceptors (Lipinski definition) is 5. The van der Waals surface area contributed by atoms with Crippen molar-refractivity contribution in [1.82, 2.24) is 14.9 Å². The lowest BCUT2D eigenvalue weighted by molar-refractivity contribution is -0.137. The number of carbonyl (C=O) groups is 2. The number of alkyl halides is 3. The number of carbonyl (C=O) groups excluding carboxylic acids is 2. The second-order valence-corrected chi connectivity index (χ2v) is 9.96. The van der Waals surface area contributed by atoms with Crippen LogP contribution in [0.1, 0.15) is 42.5 Å². The van der Waals surface area contributed by atoms with Gasteiger partial charge in [0.1, 0.15) is 5.82 Å². The summed E-state index contributed by atoms with van der Waals surface area (Å²) in [5.41, 5.74) is 2.62. The highest BCUT2D eigenvalue weighted by Gasteiger charge is 2.30. The molecule has 2 aliphatic rings. The van der Waals surface area contributed by atoms with Gasteiger partial charge in [0.2, 0.25) is 5.91 Å². The first kappa shape index (κ1) is 27.4. The molecule has 0 spiro atoms. The van der Waals surface area contributed by atoms with E-state index in [2.05, 4.69) is 20.2 Å². The van der Waals surface area contributed by atoms with Crippen LogP contribution in [0.4, 0.5) is 24.7 Å². The zero-order valence-electron chi connectivity index (χ0n) is 22.0. The van der Waals surface area contributed by atoms with Gasteiger partial charge in [0.15, 0.2) is 0 Å². The molecule has 208 valence electrons. The molecule has 0 radical (unpaired) electrons. The van der Waals surface area contributed by atoms with Gasteiger partial charge in [-0.2, -0.15) is 13.2 Å². The van der Waals surface area contributed by atoms with Gasteiger partial charge >= 0.3 is 6.18 Å². The lowest BCUT2D eigenvalue weighted by atomic mass is 9.86. The minimum absolute atomic E-state index is 0.0528. The van der Waals surface area contributed by atoms with Gasteiger partial charge in [-0.1, -0.05) is 18.2 Å². The Kier molecular flexibility index (Phi) is 8.14. The van der Waals surface area contributed by atoms with E-state index in [1.807, 2.05) is 29.2 Å². The predicted molar refractivity (Wildman–Crippen MR) is 146 cm³/mol. The number of piperazine rings is 1.